The van der Waals surface area contributed by atoms with E-state index in [4.69, 9.17) is 5.11 Å². The van der Waals surface area contributed by atoms with Crippen molar-refractivity contribution < 1.29 is 14.5 Å². The molecule has 0 bridgehead atoms. The zero-order valence-electron chi connectivity index (χ0n) is 16.0. The SMILES string of the molecule is O=C(O)CCCCCCCCCCCCCCCC[n+]1ccccc1. The van der Waals surface area contributed by atoms with Crippen molar-refractivity contribution in [2.45, 2.75) is 103 Å². The minimum Gasteiger partial charge on any atom is -0.481 e. The summed E-state index contributed by atoms with van der Waals surface area (Å²) in [5.41, 5.74) is 0. The number of hydrogen-bond acceptors (Lipinski definition) is 1. The number of carbonyl (C=O) groups is 1. The number of nitrogens with zero attached hydrogens (tertiary/aromatic N) is 1. The summed E-state index contributed by atoms with van der Waals surface area (Å²) in [4.78, 5) is 10.4. The number of pyridine rings is 1. The van der Waals surface area contributed by atoms with Crippen molar-refractivity contribution in [3.8, 4) is 0 Å². The van der Waals surface area contributed by atoms with Crippen LogP contribution in [0.1, 0.15) is 96.3 Å². The van der Waals surface area contributed by atoms with E-state index in [2.05, 4.69) is 35.2 Å². The Morgan fingerprint density at radius 2 is 1.00 bits per heavy atom. The molecule has 0 aliphatic rings. The lowest BCUT2D eigenvalue weighted by molar-refractivity contribution is -0.697. The third kappa shape index (κ3) is 14.7. The van der Waals surface area contributed by atoms with Crippen molar-refractivity contribution in [2.75, 3.05) is 0 Å². The van der Waals surface area contributed by atoms with Gasteiger partial charge in [0.1, 0.15) is 6.54 Å². The van der Waals surface area contributed by atoms with Crippen molar-refractivity contribution in [3.63, 3.8) is 0 Å². The van der Waals surface area contributed by atoms with Crippen LogP contribution in [-0.4, -0.2) is 11.1 Å². The third-order valence-electron chi connectivity index (χ3n) is 4.83. The molecule has 0 aromatic carbocycles. The molecule has 1 aromatic rings. The molecule has 0 unspecified atom stereocenters. The summed E-state index contributed by atoms with van der Waals surface area (Å²) in [7, 11) is 0. The molecule has 0 fully saturated rings. The summed E-state index contributed by atoms with van der Waals surface area (Å²) in [6.45, 7) is 1.15. The monoisotopic (exact) mass is 348 g/mol. The first-order valence-corrected chi connectivity index (χ1v) is 10.4. The van der Waals surface area contributed by atoms with Crippen molar-refractivity contribution in [1.82, 2.24) is 0 Å². The van der Waals surface area contributed by atoms with Crippen LogP contribution in [0.2, 0.25) is 0 Å². The highest BCUT2D eigenvalue weighted by atomic mass is 16.4. The lowest BCUT2D eigenvalue weighted by Gasteiger charge is -2.03. The van der Waals surface area contributed by atoms with Crippen LogP contribution >= 0.6 is 0 Å². The Labute approximate surface area is 154 Å². The Kier molecular flexibility index (Phi) is 14.0. The van der Waals surface area contributed by atoms with Crippen LogP contribution in [0.15, 0.2) is 30.6 Å². The van der Waals surface area contributed by atoms with Gasteiger partial charge in [-0.25, -0.2) is 4.57 Å². The van der Waals surface area contributed by atoms with E-state index in [0.29, 0.717) is 6.42 Å². The summed E-state index contributed by atoms with van der Waals surface area (Å²) < 4.78 is 2.27. The highest BCUT2D eigenvalue weighted by Gasteiger charge is 1.99. The molecule has 0 spiro atoms. The first-order valence-electron chi connectivity index (χ1n) is 10.4. The Morgan fingerprint density at radius 3 is 1.44 bits per heavy atom. The lowest BCUT2D eigenvalue weighted by atomic mass is 10.0. The van der Waals surface area contributed by atoms with Crippen LogP contribution in [0.5, 0.6) is 0 Å². The molecular formula is C22H38NO2+. The first kappa shape index (κ1) is 21.7. The number of unbranched alkanes of at least 4 members (excludes halogenated alkanes) is 13. The molecule has 0 atom stereocenters. The molecule has 0 radical (unpaired) electrons. The van der Waals surface area contributed by atoms with Crippen molar-refractivity contribution in [3.05, 3.63) is 30.6 Å². The maximum Gasteiger partial charge on any atom is 0.303 e. The van der Waals surface area contributed by atoms with Gasteiger partial charge in [0.15, 0.2) is 12.4 Å². The molecule has 0 saturated carbocycles. The van der Waals surface area contributed by atoms with E-state index in [-0.39, 0.29) is 0 Å². The summed E-state index contributed by atoms with van der Waals surface area (Å²) >= 11 is 0. The lowest BCUT2D eigenvalue weighted by Crippen LogP contribution is -2.32. The first-order chi connectivity index (χ1) is 12.3. The molecule has 0 saturated heterocycles. The highest BCUT2D eigenvalue weighted by Crippen LogP contribution is 2.13. The van der Waals surface area contributed by atoms with E-state index in [1.807, 2.05) is 0 Å². The van der Waals surface area contributed by atoms with E-state index in [1.165, 1.54) is 77.0 Å². The molecule has 0 aliphatic carbocycles. The third-order valence-corrected chi connectivity index (χ3v) is 4.83. The summed E-state index contributed by atoms with van der Waals surface area (Å²) in [5.74, 6) is -0.657. The molecule has 3 heteroatoms. The van der Waals surface area contributed by atoms with Crippen LogP contribution in [0.25, 0.3) is 0 Å². The van der Waals surface area contributed by atoms with Crippen LogP contribution < -0.4 is 4.57 Å². The zero-order valence-corrected chi connectivity index (χ0v) is 16.0. The molecule has 1 aromatic heterocycles. The van der Waals surface area contributed by atoms with Crippen LogP contribution in [0, 0.1) is 0 Å². The Balaban J connectivity index is 1.71. The molecule has 25 heavy (non-hydrogen) atoms. The minimum absolute atomic E-state index is 0.338. The Morgan fingerprint density at radius 1 is 0.600 bits per heavy atom. The number of aromatic nitrogens is 1. The van der Waals surface area contributed by atoms with Crippen LogP contribution in [0.3, 0.4) is 0 Å². The van der Waals surface area contributed by atoms with E-state index >= 15 is 0 Å². The van der Waals surface area contributed by atoms with Gasteiger partial charge < -0.3 is 5.11 Å². The Hall–Kier alpha value is -1.38. The fourth-order valence-corrected chi connectivity index (χ4v) is 3.28. The molecule has 1 heterocycles. The minimum atomic E-state index is -0.657. The van der Waals surface area contributed by atoms with Crippen molar-refractivity contribution in [2.24, 2.45) is 0 Å². The van der Waals surface area contributed by atoms with E-state index in [9.17, 15) is 4.79 Å². The molecule has 1 rings (SSSR count). The van der Waals surface area contributed by atoms with Gasteiger partial charge in [0.25, 0.3) is 0 Å². The van der Waals surface area contributed by atoms with Gasteiger partial charge in [-0.15, -0.1) is 0 Å². The molecule has 1 N–H and O–H groups in total. The van der Waals surface area contributed by atoms with Gasteiger partial charge in [-0.2, -0.15) is 0 Å². The van der Waals surface area contributed by atoms with Crippen molar-refractivity contribution in [1.29, 1.82) is 0 Å². The number of hydrogen-bond donors (Lipinski definition) is 1. The second kappa shape index (κ2) is 16.1. The topological polar surface area (TPSA) is 41.2 Å². The highest BCUT2D eigenvalue weighted by molar-refractivity contribution is 5.66. The summed E-state index contributed by atoms with van der Waals surface area (Å²) in [5, 5.41) is 8.56. The Bertz CT molecular complexity index is 419. The normalized spacial score (nSPS) is 10.9. The van der Waals surface area contributed by atoms with Gasteiger partial charge in [0, 0.05) is 25.0 Å². The summed E-state index contributed by atoms with van der Waals surface area (Å²) in [6, 6.07) is 6.26. The smallest absolute Gasteiger partial charge is 0.303 e. The molecule has 0 aliphatic heterocycles. The molecule has 3 nitrogen and oxygen atoms in total. The second-order valence-corrected chi connectivity index (χ2v) is 7.21. The molecule has 0 amide bonds. The van der Waals surface area contributed by atoms with Gasteiger partial charge in [-0.3, -0.25) is 4.79 Å². The zero-order chi connectivity index (χ0) is 18.0. The van der Waals surface area contributed by atoms with Gasteiger partial charge in [-0.05, 0) is 12.8 Å². The average Bonchev–Trinajstić information content (AvgIpc) is 2.62. The fraction of sp³-hybridized carbons (Fsp3) is 0.727. The average molecular weight is 349 g/mol. The van der Waals surface area contributed by atoms with Gasteiger partial charge >= 0.3 is 5.97 Å². The molecule has 142 valence electrons. The van der Waals surface area contributed by atoms with E-state index < -0.39 is 5.97 Å². The predicted molar refractivity (Wildman–Crippen MR) is 104 cm³/mol. The van der Waals surface area contributed by atoms with E-state index in [1.54, 1.807) is 0 Å². The predicted octanol–water partition coefficient (Wildman–Crippen LogP) is 5.91. The maximum absolute atomic E-state index is 10.4. The van der Waals surface area contributed by atoms with Crippen LogP contribution in [0.4, 0.5) is 0 Å². The van der Waals surface area contributed by atoms with E-state index in [0.717, 1.165) is 19.4 Å². The standard InChI is InChI=1S/C22H37NO2/c24-22(25)18-14-11-9-7-5-3-1-2-4-6-8-10-12-15-19-23-20-16-13-17-21-23/h13,16-17,20-21H,1-12,14-15,18-19H2/p+1. The largest absolute Gasteiger partial charge is 0.481 e. The van der Waals surface area contributed by atoms with Crippen molar-refractivity contribution >= 4 is 5.97 Å². The number of aliphatic carboxylic acids is 1. The van der Waals surface area contributed by atoms with Crippen LogP contribution in [-0.2, 0) is 11.3 Å². The van der Waals surface area contributed by atoms with Gasteiger partial charge in [0.05, 0.1) is 0 Å². The molecular weight excluding hydrogens is 310 g/mol. The van der Waals surface area contributed by atoms with Gasteiger partial charge in [0.2, 0.25) is 0 Å². The summed E-state index contributed by atoms with van der Waals surface area (Å²) in [6.07, 6.45) is 22.7. The fourth-order valence-electron chi connectivity index (χ4n) is 3.28. The quantitative estimate of drug-likeness (QED) is 0.281. The number of carboxylic acid groups (broad SMARTS) is 1. The number of aryl methyl sites for hydroxylation is 1. The second-order valence-electron chi connectivity index (χ2n) is 7.21. The number of rotatable bonds is 17. The van der Waals surface area contributed by atoms with Gasteiger partial charge in [-0.1, -0.05) is 76.7 Å². The number of carboxylic acids is 1. The maximum atomic E-state index is 10.4.